The molecule has 25 heavy (non-hydrogen) atoms. The van der Waals surface area contributed by atoms with Gasteiger partial charge in [-0.3, -0.25) is 14.3 Å². The zero-order valence-corrected chi connectivity index (χ0v) is 14.4. The fourth-order valence-electron chi connectivity index (χ4n) is 3.01. The summed E-state index contributed by atoms with van der Waals surface area (Å²) in [5.74, 6) is 0. The summed E-state index contributed by atoms with van der Waals surface area (Å²) in [5.41, 5.74) is 5.89. The molecule has 0 unspecified atom stereocenters. The Morgan fingerprint density at radius 1 is 1.16 bits per heavy atom. The minimum Gasteiger partial charge on any atom is -0.380 e. The lowest BCUT2D eigenvalue weighted by Crippen LogP contribution is -2.01. The lowest BCUT2D eigenvalue weighted by molar-refractivity contribution is 0.769. The van der Waals surface area contributed by atoms with Crippen LogP contribution in [-0.4, -0.2) is 29.5 Å². The van der Waals surface area contributed by atoms with Crippen LogP contribution in [0.2, 0.25) is 0 Å². The van der Waals surface area contributed by atoms with Crippen molar-refractivity contribution < 1.29 is 0 Å². The van der Waals surface area contributed by atoms with Crippen LogP contribution in [0.4, 0.5) is 5.69 Å². The van der Waals surface area contributed by atoms with Crippen LogP contribution >= 0.6 is 0 Å². The smallest absolute Gasteiger partial charge is 0.157 e. The molecule has 126 valence electrons. The summed E-state index contributed by atoms with van der Waals surface area (Å²) in [5, 5.41) is 13.5. The molecular formula is C18H19N7. The van der Waals surface area contributed by atoms with E-state index in [0.717, 1.165) is 39.2 Å². The van der Waals surface area contributed by atoms with Gasteiger partial charge in [0.1, 0.15) is 0 Å². The minimum atomic E-state index is 0.657. The van der Waals surface area contributed by atoms with Crippen molar-refractivity contribution in [3.05, 3.63) is 54.2 Å². The van der Waals surface area contributed by atoms with Crippen molar-refractivity contribution in [3.8, 4) is 11.3 Å². The summed E-state index contributed by atoms with van der Waals surface area (Å²) < 4.78 is 3.63. The Labute approximate surface area is 145 Å². The molecule has 0 aliphatic heterocycles. The Hall–Kier alpha value is -3.22. The van der Waals surface area contributed by atoms with E-state index in [1.165, 1.54) is 0 Å². The maximum absolute atomic E-state index is 4.57. The number of hydrogen-bond acceptors (Lipinski definition) is 5. The van der Waals surface area contributed by atoms with Gasteiger partial charge < -0.3 is 5.32 Å². The molecule has 0 bridgehead atoms. The molecule has 0 amide bonds. The molecule has 0 aliphatic carbocycles. The van der Waals surface area contributed by atoms with Crippen LogP contribution in [0.25, 0.3) is 22.3 Å². The molecule has 4 heterocycles. The predicted molar refractivity (Wildman–Crippen MR) is 97.0 cm³/mol. The van der Waals surface area contributed by atoms with E-state index in [-0.39, 0.29) is 0 Å². The quantitative estimate of drug-likeness (QED) is 0.621. The minimum absolute atomic E-state index is 0.657. The third-order valence-corrected chi connectivity index (χ3v) is 4.19. The van der Waals surface area contributed by atoms with Gasteiger partial charge >= 0.3 is 0 Å². The summed E-state index contributed by atoms with van der Waals surface area (Å²) in [6.07, 6.45) is 7.46. The number of fused-ring (bicyclic) bond motifs is 1. The SMILES string of the molecule is Cc1nn(C)c2ncc(NCc3cn(C)nc3-c3cccnc3)cc12. The number of anilines is 1. The van der Waals surface area contributed by atoms with Gasteiger partial charge in [0, 0.05) is 55.7 Å². The number of hydrogen-bond donors (Lipinski definition) is 1. The standard InChI is InChI=1S/C18H19N7/c1-12-16-7-15(10-21-18(16)25(3)22-12)20-9-14-11-24(2)23-17(14)13-5-4-6-19-8-13/h4-8,10-11,20H,9H2,1-3H3. The molecule has 0 saturated carbocycles. The Kier molecular flexibility index (Phi) is 3.68. The first-order valence-electron chi connectivity index (χ1n) is 8.08. The summed E-state index contributed by atoms with van der Waals surface area (Å²) in [6, 6.07) is 6.03. The van der Waals surface area contributed by atoms with Gasteiger partial charge in [0.2, 0.25) is 0 Å². The van der Waals surface area contributed by atoms with Gasteiger partial charge in [-0.25, -0.2) is 4.98 Å². The molecule has 0 aliphatic rings. The van der Waals surface area contributed by atoms with Crippen LogP contribution in [0, 0.1) is 6.92 Å². The van der Waals surface area contributed by atoms with Crippen LogP contribution in [0.3, 0.4) is 0 Å². The number of rotatable bonds is 4. The second kappa shape index (κ2) is 6.01. The van der Waals surface area contributed by atoms with Gasteiger partial charge in [-0.1, -0.05) is 0 Å². The molecule has 0 spiro atoms. The molecule has 4 rings (SSSR count). The molecule has 0 saturated heterocycles. The van der Waals surface area contributed by atoms with E-state index in [1.54, 1.807) is 10.9 Å². The second-order valence-corrected chi connectivity index (χ2v) is 6.08. The van der Waals surface area contributed by atoms with E-state index in [4.69, 9.17) is 0 Å². The van der Waals surface area contributed by atoms with Crippen molar-refractivity contribution in [2.75, 3.05) is 5.32 Å². The summed E-state index contributed by atoms with van der Waals surface area (Å²) in [7, 11) is 3.83. The molecule has 4 aromatic rings. The monoisotopic (exact) mass is 333 g/mol. The van der Waals surface area contributed by atoms with Crippen molar-refractivity contribution in [1.29, 1.82) is 0 Å². The average Bonchev–Trinajstić information content (AvgIpc) is 3.13. The Bertz CT molecular complexity index is 1030. The molecule has 0 atom stereocenters. The summed E-state index contributed by atoms with van der Waals surface area (Å²) in [4.78, 5) is 8.69. The second-order valence-electron chi connectivity index (χ2n) is 6.08. The lowest BCUT2D eigenvalue weighted by atomic mass is 10.1. The third-order valence-electron chi connectivity index (χ3n) is 4.19. The normalized spacial score (nSPS) is 11.2. The number of nitrogens with one attached hydrogen (secondary N) is 1. The van der Waals surface area contributed by atoms with Crippen molar-refractivity contribution in [3.63, 3.8) is 0 Å². The highest BCUT2D eigenvalue weighted by Crippen LogP contribution is 2.23. The lowest BCUT2D eigenvalue weighted by Gasteiger charge is -2.07. The summed E-state index contributed by atoms with van der Waals surface area (Å²) in [6.45, 7) is 2.65. The fraction of sp³-hybridized carbons (Fsp3) is 0.222. The van der Waals surface area contributed by atoms with E-state index in [2.05, 4.69) is 31.5 Å². The van der Waals surface area contributed by atoms with Crippen molar-refractivity contribution >= 4 is 16.7 Å². The third kappa shape index (κ3) is 2.84. The molecule has 0 radical (unpaired) electrons. The van der Waals surface area contributed by atoms with Crippen molar-refractivity contribution in [1.82, 2.24) is 29.5 Å². The maximum atomic E-state index is 4.57. The maximum Gasteiger partial charge on any atom is 0.157 e. The first-order valence-corrected chi connectivity index (χ1v) is 8.08. The largest absolute Gasteiger partial charge is 0.380 e. The summed E-state index contributed by atoms with van der Waals surface area (Å²) >= 11 is 0. The number of aromatic nitrogens is 6. The zero-order valence-electron chi connectivity index (χ0n) is 14.4. The zero-order chi connectivity index (χ0) is 17.4. The molecular weight excluding hydrogens is 314 g/mol. The van der Waals surface area contributed by atoms with E-state index < -0.39 is 0 Å². The van der Waals surface area contributed by atoms with Crippen molar-refractivity contribution in [2.24, 2.45) is 14.1 Å². The highest BCUT2D eigenvalue weighted by atomic mass is 15.3. The average molecular weight is 333 g/mol. The van der Waals surface area contributed by atoms with Crippen LogP contribution < -0.4 is 5.32 Å². The van der Waals surface area contributed by atoms with Crippen LogP contribution in [0.5, 0.6) is 0 Å². The van der Waals surface area contributed by atoms with Gasteiger partial charge in [-0.2, -0.15) is 10.2 Å². The van der Waals surface area contributed by atoms with E-state index in [0.29, 0.717) is 6.54 Å². The van der Waals surface area contributed by atoms with Gasteiger partial charge in [-0.15, -0.1) is 0 Å². The van der Waals surface area contributed by atoms with Crippen molar-refractivity contribution in [2.45, 2.75) is 13.5 Å². The van der Waals surface area contributed by atoms with Crippen LogP contribution in [0.15, 0.2) is 43.0 Å². The molecule has 7 heteroatoms. The number of pyridine rings is 2. The predicted octanol–water partition coefficient (Wildman–Crippen LogP) is 2.68. The van der Waals surface area contributed by atoms with E-state index in [9.17, 15) is 0 Å². The Balaban J connectivity index is 1.61. The molecule has 7 nitrogen and oxygen atoms in total. The molecule has 1 N–H and O–H groups in total. The van der Waals surface area contributed by atoms with Crippen LogP contribution in [0.1, 0.15) is 11.3 Å². The van der Waals surface area contributed by atoms with Gasteiger partial charge in [-0.05, 0) is 25.1 Å². The molecule has 4 aromatic heterocycles. The number of nitrogens with zero attached hydrogens (tertiary/aromatic N) is 6. The first-order chi connectivity index (χ1) is 12.1. The first kappa shape index (κ1) is 15.3. The molecule has 0 fully saturated rings. The topological polar surface area (TPSA) is 73.5 Å². The van der Waals surface area contributed by atoms with E-state index in [1.807, 2.05) is 56.4 Å². The van der Waals surface area contributed by atoms with E-state index >= 15 is 0 Å². The Morgan fingerprint density at radius 3 is 2.84 bits per heavy atom. The van der Waals surface area contributed by atoms with Gasteiger partial charge in [0.25, 0.3) is 0 Å². The fourth-order valence-corrected chi connectivity index (χ4v) is 3.01. The van der Waals surface area contributed by atoms with Gasteiger partial charge in [0.05, 0.1) is 23.3 Å². The molecule has 0 aromatic carbocycles. The van der Waals surface area contributed by atoms with Gasteiger partial charge in [0.15, 0.2) is 5.65 Å². The highest BCUT2D eigenvalue weighted by Gasteiger charge is 2.11. The number of aryl methyl sites for hydroxylation is 3. The highest BCUT2D eigenvalue weighted by molar-refractivity contribution is 5.81. The Morgan fingerprint density at radius 2 is 2.04 bits per heavy atom. The van der Waals surface area contributed by atoms with Crippen LogP contribution in [-0.2, 0) is 20.6 Å².